The maximum atomic E-state index is 13.0. The summed E-state index contributed by atoms with van der Waals surface area (Å²) in [6.45, 7) is 3.02. The first-order valence-electron chi connectivity index (χ1n) is 5.57. The fourth-order valence-electron chi connectivity index (χ4n) is 2.27. The molecule has 17 heavy (non-hydrogen) atoms. The number of furan rings is 1. The summed E-state index contributed by atoms with van der Waals surface area (Å²) in [5.74, 6) is 0.114. The zero-order chi connectivity index (χ0) is 12.0. The van der Waals surface area contributed by atoms with Crippen LogP contribution in [0.3, 0.4) is 0 Å². The normalized spacial score (nSPS) is 16.2. The van der Waals surface area contributed by atoms with Crippen molar-refractivity contribution in [3.63, 3.8) is 0 Å². The van der Waals surface area contributed by atoms with Crippen LogP contribution in [0.2, 0.25) is 0 Å². The Bertz CT molecular complexity index is 584. The summed E-state index contributed by atoms with van der Waals surface area (Å²) in [7, 11) is 0. The number of carbonyl (C=O) groups excluding carboxylic acids is 1. The average molecular weight is 233 g/mol. The Morgan fingerprint density at radius 3 is 2.94 bits per heavy atom. The lowest BCUT2D eigenvalue weighted by Gasteiger charge is -2.38. The van der Waals surface area contributed by atoms with E-state index < -0.39 is 0 Å². The summed E-state index contributed by atoms with van der Waals surface area (Å²) in [6.07, 6.45) is 1.67. The Morgan fingerprint density at radius 2 is 2.24 bits per heavy atom. The molecule has 1 saturated heterocycles. The van der Waals surface area contributed by atoms with Crippen molar-refractivity contribution in [1.29, 1.82) is 0 Å². The number of hydrogen-bond donors (Lipinski definition) is 0. The van der Waals surface area contributed by atoms with Crippen molar-refractivity contribution >= 4 is 16.9 Å². The second-order valence-electron chi connectivity index (χ2n) is 4.45. The SMILES string of the molecule is CC(=O)N1CC(c2coc3cc(F)ccc23)C1. The Hall–Kier alpha value is -1.84. The molecule has 3 nitrogen and oxygen atoms in total. The molecule has 1 aromatic carbocycles. The highest BCUT2D eigenvalue weighted by Crippen LogP contribution is 2.33. The van der Waals surface area contributed by atoms with Gasteiger partial charge in [-0.05, 0) is 12.1 Å². The molecular weight excluding hydrogens is 221 g/mol. The van der Waals surface area contributed by atoms with Gasteiger partial charge in [0.2, 0.25) is 5.91 Å². The van der Waals surface area contributed by atoms with Gasteiger partial charge in [-0.25, -0.2) is 4.39 Å². The molecule has 1 fully saturated rings. The van der Waals surface area contributed by atoms with Gasteiger partial charge in [0.1, 0.15) is 11.4 Å². The molecule has 1 aliphatic rings. The molecule has 0 spiro atoms. The molecule has 0 radical (unpaired) electrons. The number of likely N-dealkylation sites (tertiary alicyclic amines) is 1. The zero-order valence-corrected chi connectivity index (χ0v) is 9.44. The van der Waals surface area contributed by atoms with Crippen LogP contribution in [0.5, 0.6) is 0 Å². The highest BCUT2D eigenvalue weighted by atomic mass is 19.1. The average Bonchev–Trinajstić information content (AvgIpc) is 2.58. The first-order chi connectivity index (χ1) is 8.15. The summed E-state index contributed by atoms with van der Waals surface area (Å²) in [5, 5.41) is 0.944. The molecule has 2 aromatic rings. The van der Waals surface area contributed by atoms with E-state index >= 15 is 0 Å². The molecule has 88 valence electrons. The van der Waals surface area contributed by atoms with Gasteiger partial charge in [-0.1, -0.05) is 0 Å². The van der Waals surface area contributed by atoms with E-state index in [0.717, 1.165) is 24.0 Å². The molecule has 0 aliphatic carbocycles. The van der Waals surface area contributed by atoms with Gasteiger partial charge < -0.3 is 9.32 Å². The molecule has 3 rings (SSSR count). The monoisotopic (exact) mass is 233 g/mol. The summed E-state index contributed by atoms with van der Waals surface area (Å²) in [6, 6.07) is 4.56. The van der Waals surface area contributed by atoms with Crippen LogP contribution in [0.4, 0.5) is 4.39 Å². The van der Waals surface area contributed by atoms with Gasteiger partial charge in [-0.15, -0.1) is 0 Å². The second-order valence-corrected chi connectivity index (χ2v) is 4.45. The van der Waals surface area contributed by atoms with Gasteiger partial charge in [0.05, 0.1) is 6.26 Å². The largest absolute Gasteiger partial charge is 0.464 e. The standard InChI is InChI=1S/C13H12FNO2/c1-8(16)15-5-9(6-15)12-7-17-13-4-10(14)2-3-11(12)13/h2-4,7,9H,5-6H2,1H3. The van der Waals surface area contributed by atoms with Crippen molar-refractivity contribution in [2.75, 3.05) is 13.1 Å². The van der Waals surface area contributed by atoms with Crippen LogP contribution in [0.25, 0.3) is 11.0 Å². The van der Waals surface area contributed by atoms with Crippen LogP contribution in [0.1, 0.15) is 18.4 Å². The Balaban J connectivity index is 1.90. The molecular formula is C13H12FNO2. The van der Waals surface area contributed by atoms with Crippen LogP contribution in [0.15, 0.2) is 28.9 Å². The van der Waals surface area contributed by atoms with E-state index in [2.05, 4.69) is 0 Å². The minimum atomic E-state index is -0.294. The number of fused-ring (bicyclic) bond motifs is 1. The molecule has 0 saturated carbocycles. The fourth-order valence-corrected chi connectivity index (χ4v) is 2.27. The van der Waals surface area contributed by atoms with E-state index in [1.54, 1.807) is 24.2 Å². The zero-order valence-electron chi connectivity index (χ0n) is 9.44. The number of benzene rings is 1. The maximum Gasteiger partial charge on any atom is 0.219 e. The van der Waals surface area contributed by atoms with Crippen LogP contribution in [0, 0.1) is 5.82 Å². The van der Waals surface area contributed by atoms with Crippen LogP contribution in [-0.2, 0) is 4.79 Å². The fraction of sp³-hybridized carbons (Fsp3) is 0.308. The smallest absolute Gasteiger partial charge is 0.219 e. The van der Waals surface area contributed by atoms with Crippen molar-refractivity contribution in [1.82, 2.24) is 4.90 Å². The van der Waals surface area contributed by atoms with Crippen molar-refractivity contribution in [3.05, 3.63) is 35.8 Å². The van der Waals surface area contributed by atoms with Crippen molar-refractivity contribution in [2.24, 2.45) is 0 Å². The van der Waals surface area contributed by atoms with E-state index in [1.807, 2.05) is 0 Å². The Morgan fingerprint density at radius 1 is 1.47 bits per heavy atom. The highest BCUT2D eigenvalue weighted by Gasteiger charge is 2.31. The number of halogens is 1. The van der Waals surface area contributed by atoms with Gasteiger partial charge in [0.15, 0.2) is 0 Å². The van der Waals surface area contributed by atoms with Crippen molar-refractivity contribution in [3.8, 4) is 0 Å². The molecule has 0 atom stereocenters. The van der Waals surface area contributed by atoms with Gasteiger partial charge in [-0.3, -0.25) is 4.79 Å². The first kappa shape index (κ1) is 10.3. The third-order valence-electron chi connectivity index (χ3n) is 3.33. The van der Waals surface area contributed by atoms with Crippen molar-refractivity contribution < 1.29 is 13.6 Å². The minimum Gasteiger partial charge on any atom is -0.464 e. The van der Waals surface area contributed by atoms with Gasteiger partial charge in [0.25, 0.3) is 0 Å². The minimum absolute atomic E-state index is 0.0973. The van der Waals surface area contributed by atoms with Crippen LogP contribution < -0.4 is 0 Å². The number of carbonyl (C=O) groups is 1. The molecule has 4 heteroatoms. The molecule has 0 bridgehead atoms. The first-order valence-corrected chi connectivity index (χ1v) is 5.57. The van der Waals surface area contributed by atoms with Gasteiger partial charge >= 0.3 is 0 Å². The Kier molecular flexibility index (Phi) is 2.18. The number of hydrogen-bond acceptors (Lipinski definition) is 2. The third kappa shape index (κ3) is 1.60. The van der Waals surface area contributed by atoms with Gasteiger partial charge in [-0.2, -0.15) is 0 Å². The summed E-state index contributed by atoms with van der Waals surface area (Å²) in [4.78, 5) is 12.9. The summed E-state index contributed by atoms with van der Waals surface area (Å²) < 4.78 is 18.3. The molecule has 0 unspecified atom stereocenters. The van der Waals surface area contributed by atoms with Crippen LogP contribution >= 0.6 is 0 Å². The van der Waals surface area contributed by atoms with E-state index in [0.29, 0.717) is 11.5 Å². The van der Waals surface area contributed by atoms with E-state index in [4.69, 9.17) is 4.42 Å². The quantitative estimate of drug-likeness (QED) is 0.758. The summed E-state index contributed by atoms with van der Waals surface area (Å²) >= 11 is 0. The lowest BCUT2D eigenvalue weighted by molar-refractivity contribution is -0.133. The highest BCUT2D eigenvalue weighted by molar-refractivity contribution is 5.82. The summed E-state index contributed by atoms with van der Waals surface area (Å²) in [5.41, 5.74) is 1.64. The van der Waals surface area contributed by atoms with Crippen LogP contribution in [-0.4, -0.2) is 23.9 Å². The van der Waals surface area contributed by atoms with Gasteiger partial charge in [0, 0.05) is 42.9 Å². The number of nitrogens with zero attached hydrogens (tertiary/aromatic N) is 1. The number of rotatable bonds is 1. The van der Waals surface area contributed by atoms with E-state index in [-0.39, 0.29) is 11.7 Å². The van der Waals surface area contributed by atoms with Crippen molar-refractivity contribution in [2.45, 2.75) is 12.8 Å². The maximum absolute atomic E-state index is 13.0. The molecule has 1 amide bonds. The number of amides is 1. The third-order valence-corrected chi connectivity index (χ3v) is 3.33. The van der Waals surface area contributed by atoms with E-state index in [1.165, 1.54) is 12.1 Å². The molecule has 2 heterocycles. The lowest BCUT2D eigenvalue weighted by Crippen LogP contribution is -2.47. The molecule has 1 aliphatic heterocycles. The molecule has 1 aromatic heterocycles. The van der Waals surface area contributed by atoms with E-state index in [9.17, 15) is 9.18 Å². The Labute approximate surface area is 97.8 Å². The lowest BCUT2D eigenvalue weighted by atomic mass is 9.91. The molecule has 0 N–H and O–H groups in total. The topological polar surface area (TPSA) is 33.5 Å². The predicted octanol–water partition coefficient (Wildman–Crippen LogP) is 2.52. The second kappa shape index (κ2) is 3.58. The predicted molar refractivity (Wildman–Crippen MR) is 61.2 cm³/mol.